The number of hydrogen-bond donors (Lipinski definition) is 2. The number of para-hydroxylation sites is 1. The third-order valence-corrected chi connectivity index (χ3v) is 7.61. The molecule has 0 aliphatic carbocycles. The fourth-order valence-electron chi connectivity index (χ4n) is 4.58. The number of rotatable bonds is 17. The summed E-state index contributed by atoms with van der Waals surface area (Å²) in [5.41, 5.74) is 0.128. The van der Waals surface area contributed by atoms with Crippen LogP contribution in [-0.4, -0.2) is 30.6 Å². The summed E-state index contributed by atoms with van der Waals surface area (Å²) in [5, 5.41) is 7.89. The van der Waals surface area contributed by atoms with Crippen LogP contribution in [0.2, 0.25) is 0 Å². The van der Waals surface area contributed by atoms with Crippen LogP contribution in [0.15, 0.2) is 58.5 Å². The summed E-state index contributed by atoms with van der Waals surface area (Å²) in [6.07, 6.45) is 14.8. The van der Waals surface area contributed by atoms with E-state index in [9.17, 15) is 22.6 Å². The summed E-state index contributed by atoms with van der Waals surface area (Å²) < 4.78 is 39.4. The standard InChI is InChI=1S/C30H41N3O6S/c1-2-3-4-5-6-7-8-9-10-11-12-16-19-29(34)31-28-23-30(35)33(32-28)24-20-21-26(27(22-24)40(36,37)38)39-25-17-14-13-15-18-25/h13-15,17-18,20-22H,2-12,16,19,23H2,1H3,(H,31,32,34)(H,36,37,38). The second kappa shape index (κ2) is 16.1. The third kappa shape index (κ3) is 10.4. The Morgan fingerprint density at radius 3 is 2.12 bits per heavy atom. The maximum Gasteiger partial charge on any atom is 0.298 e. The summed E-state index contributed by atoms with van der Waals surface area (Å²) in [7, 11) is -4.66. The van der Waals surface area contributed by atoms with Crippen LogP contribution in [-0.2, 0) is 19.7 Å². The van der Waals surface area contributed by atoms with E-state index in [1.165, 1.54) is 69.9 Å². The van der Waals surface area contributed by atoms with Crippen molar-refractivity contribution >= 4 is 33.5 Å². The lowest BCUT2D eigenvalue weighted by Crippen LogP contribution is -2.29. The quantitative estimate of drug-likeness (QED) is 0.156. The van der Waals surface area contributed by atoms with Gasteiger partial charge in [0.15, 0.2) is 0 Å². The molecule has 0 aromatic heterocycles. The lowest BCUT2D eigenvalue weighted by Gasteiger charge is -2.15. The number of hydrazone groups is 1. The van der Waals surface area contributed by atoms with Gasteiger partial charge in [-0.1, -0.05) is 95.8 Å². The molecule has 0 saturated heterocycles. The van der Waals surface area contributed by atoms with E-state index in [-0.39, 0.29) is 29.6 Å². The van der Waals surface area contributed by atoms with E-state index in [0.717, 1.165) is 30.3 Å². The smallest absolute Gasteiger partial charge is 0.298 e. The van der Waals surface area contributed by atoms with Gasteiger partial charge in [0.2, 0.25) is 5.91 Å². The maximum atomic E-state index is 12.6. The van der Waals surface area contributed by atoms with Crippen LogP contribution in [0.4, 0.5) is 5.69 Å². The predicted octanol–water partition coefficient (Wildman–Crippen LogP) is 6.98. The Hall–Kier alpha value is -3.24. The molecule has 1 heterocycles. The normalized spacial score (nSPS) is 13.4. The van der Waals surface area contributed by atoms with Crippen LogP contribution >= 0.6 is 0 Å². The molecule has 1 aliphatic heterocycles. The van der Waals surface area contributed by atoms with E-state index < -0.39 is 20.9 Å². The van der Waals surface area contributed by atoms with Crippen molar-refractivity contribution in [3.8, 4) is 11.5 Å². The summed E-state index contributed by atoms with van der Waals surface area (Å²) in [4.78, 5) is 24.5. The molecule has 2 N–H and O–H groups in total. The molecule has 2 aromatic rings. The summed E-state index contributed by atoms with van der Waals surface area (Å²) >= 11 is 0. The van der Waals surface area contributed by atoms with Crippen molar-refractivity contribution in [2.75, 3.05) is 5.01 Å². The average molecular weight is 572 g/mol. The van der Waals surface area contributed by atoms with Crippen molar-refractivity contribution in [3.63, 3.8) is 0 Å². The topological polar surface area (TPSA) is 125 Å². The molecule has 2 amide bonds. The van der Waals surface area contributed by atoms with E-state index in [0.29, 0.717) is 12.2 Å². The van der Waals surface area contributed by atoms with Gasteiger partial charge in [0.05, 0.1) is 12.1 Å². The first-order chi connectivity index (χ1) is 19.3. The van der Waals surface area contributed by atoms with Gasteiger partial charge < -0.3 is 10.1 Å². The number of unbranched alkanes of at least 4 members (excludes halogenated alkanes) is 11. The van der Waals surface area contributed by atoms with Gasteiger partial charge in [-0.3, -0.25) is 14.1 Å². The first kappa shape index (κ1) is 31.3. The minimum Gasteiger partial charge on any atom is -0.456 e. The number of nitrogens with one attached hydrogen (secondary N) is 1. The summed E-state index contributed by atoms with van der Waals surface area (Å²) in [5.74, 6) is -0.144. The number of carbonyl (C=O) groups excluding carboxylic acids is 2. The molecule has 0 unspecified atom stereocenters. The minimum atomic E-state index is -4.66. The molecule has 1 aliphatic rings. The number of amides is 2. The zero-order chi connectivity index (χ0) is 28.8. The zero-order valence-corrected chi connectivity index (χ0v) is 24.1. The van der Waals surface area contributed by atoms with Crippen LogP contribution in [0.5, 0.6) is 11.5 Å². The number of carbonyl (C=O) groups is 2. The second-order valence-electron chi connectivity index (χ2n) is 10.1. The predicted molar refractivity (Wildman–Crippen MR) is 156 cm³/mol. The maximum absolute atomic E-state index is 12.6. The first-order valence-electron chi connectivity index (χ1n) is 14.3. The van der Waals surface area contributed by atoms with Crippen LogP contribution < -0.4 is 15.1 Å². The molecule has 0 atom stereocenters. The van der Waals surface area contributed by atoms with Gasteiger partial charge >= 0.3 is 0 Å². The highest BCUT2D eigenvalue weighted by molar-refractivity contribution is 7.86. The molecule has 218 valence electrons. The lowest BCUT2D eigenvalue weighted by atomic mass is 10.0. The number of nitrogens with zero attached hydrogens (tertiary/aromatic N) is 2. The Balaban J connectivity index is 1.45. The van der Waals surface area contributed by atoms with Crippen molar-refractivity contribution in [2.24, 2.45) is 5.10 Å². The number of benzene rings is 2. The van der Waals surface area contributed by atoms with Gasteiger partial charge in [-0.05, 0) is 36.8 Å². The third-order valence-electron chi connectivity index (χ3n) is 6.74. The molecular weight excluding hydrogens is 530 g/mol. The molecule has 0 radical (unpaired) electrons. The van der Waals surface area contributed by atoms with Crippen LogP contribution in [0.1, 0.15) is 96.8 Å². The Morgan fingerprint density at radius 2 is 1.52 bits per heavy atom. The number of ether oxygens (including phenoxy) is 1. The lowest BCUT2D eigenvalue weighted by molar-refractivity contribution is -0.119. The monoisotopic (exact) mass is 571 g/mol. The summed E-state index contributed by atoms with van der Waals surface area (Å²) in [6.45, 7) is 2.23. The highest BCUT2D eigenvalue weighted by Gasteiger charge is 2.28. The van der Waals surface area contributed by atoms with Gasteiger partial charge in [-0.2, -0.15) is 18.5 Å². The van der Waals surface area contributed by atoms with Crippen molar-refractivity contribution < 1.29 is 27.3 Å². The SMILES string of the molecule is CCCCCCCCCCCCCCC(=O)NC1=NN(c2ccc(Oc3ccccc3)c(S(=O)(=O)O)c2)C(=O)C1. The number of amidine groups is 1. The molecule has 0 bridgehead atoms. The minimum absolute atomic E-state index is 0.0935. The van der Waals surface area contributed by atoms with Gasteiger partial charge in [-0.25, -0.2) is 0 Å². The zero-order valence-electron chi connectivity index (χ0n) is 23.3. The highest BCUT2D eigenvalue weighted by atomic mass is 32.2. The fourth-order valence-corrected chi connectivity index (χ4v) is 5.21. The van der Waals surface area contributed by atoms with E-state index >= 15 is 0 Å². The molecule has 3 rings (SSSR count). The number of hydrogen-bond acceptors (Lipinski definition) is 6. The molecule has 0 fully saturated rings. The van der Waals surface area contributed by atoms with Crippen LogP contribution in [0.3, 0.4) is 0 Å². The fraction of sp³-hybridized carbons (Fsp3) is 0.500. The van der Waals surface area contributed by atoms with E-state index in [1.54, 1.807) is 30.3 Å². The Kier molecular flexibility index (Phi) is 12.6. The van der Waals surface area contributed by atoms with Gasteiger partial charge in [-0.15, -0.1) is 0 Å². The van der Waals surface area contributed by atoms with E-state index in [4.69, 9.17) is 4.74 Å². The van der Waals surface area contributed by atoms with Crippen molar-refractivity contribution in [1.29, 1.82) is 0 Å². The number of anilines is 1. The second-order valence-corrected chi connectivity index (χ2v) is 11.5. The Labute approximate surface area is 237 Å². The van der Waals surface area contributed by atoms with Gasteiger partial charge in [0, 0.05) is 6.42 Å². The molecule has 0 spiro atoms. The van der Waals surface area contributed by atoms with Crippen molar-refractivity contribution in [1.82, 2.24) is 5.32 Å². The molecule has 9 nitrogen and oxygen atoms in total. The average Bonchev–Trinajstić information content (AvgIpc) is 3.29. The van der Waals surface area contributed by atoms with E-state index in [2.05, 4.69) is 17.3 Å². The van der Waals surface area contributed by atoms with Crippen molar-refractivity contribution in [2.45, 2.75) is 102 Å². The van der Waals surface area contributed by atoms with Crippen LogP contribution in [0.25, 0.3) is 0 Å². The first-order valence-corrected chi connectivity index (χ1v) is 15.8. The van der Waals surface area contributed by atoms with E-state index in [1.807, 2.05) is 0 Å². The summed E-state index contributed by atoms with van der Waals surface area (Å²) in [6, 6.07) is 12.4. The molecule has 0 saturated carbocycles. The van der Waals surface area contributed by atoms with Gasteiger partial charge in [0.1, 0.15) is 22.2 Å². The molecule has 2 aromatic carbocycles. The largest absolute Gasteiger partial charge is 0.456 e. The Morgan fingerprint density at radius 1 is 0.925 bits per heavy atom. The van der Waals surface area contributed by atoms with Crippen LogP contribution in [0, 0.1) is 0 Å². The molecular formula is C30H41N3O6S. The van der Waals surface area contributed by atoms with Crippen molar-refractivity contribution in [3.05, 3.63) is 48.5 Å². The molecule has 10 heteroatoms. The Bertz CT molecular complexity index is 1250. The highest BCUT2D eigenvalue weighted by Crippen LogP contribution is 2.33. The van der Waals surface area contributed by atoms with Gasteiger partial charge in [0.25, 0.3) is 16.0 Å². The molecule has 40 heavy (non-hydrogen) atoms.